The van der Waals surface area contributed by atoms with E-state index in [4.69, 9.17) is 39.5 Å². The third-order valence-electron chi connectivity index (χ3n) is 3.70. The molecular formula is C18H13Cl3O2. The summed E-state index contributed by atoms with van der Waals surface area (Å²) in [5.74, 6) is 0.712. The average molecular weight is 368 g/mol. The van der Waals surface area contributed by atoms with Gasteiger partial charge in [0.25, 0.3) is 0 Å². The maximum atomic E-state index is 12.2. The van der Waals surface area contributed by atoms with E-state index in [-0.39, 0.29) is 12.4 Å². The smallest absolute Gasteiger partial charge is 0.167 e. The number of ketones is 1. The van der Waals surface area contributed by atoms with Crippen molar-refractivity contribution in [2.75, 3.05) is 0 Å². The second kappa shape index (κ2) is 6.96. The summed E-state index contributed by atoms with van der Waals surface area (Å²) in [4.78, 5) is 12.2. The molecule has 0 bridgehead atoms. The molecule has 0 unspecified atom stereocenters. The van der Waals surface area contributed by atoms with Gasteiger partial charge >= 0.3 is 0 Å². The van der Waals surface area contributed by atoms with Crippen LogP contribution in [0.25, 0.3) is 5.57 Å². The highest BCUT2D eigenvalue weighted by Gasteiger charge is 2.27. The fourth-order valence-corrected chi connectivity index (χ4v) is 3.24. The van der Waals surface area contributed by atoms with Crippen LogP contribution < -0.4 is 0 Å². The Hall–Kier alpha value is -1.48. The van der Waals surface area contributed by atoms with Gasteiger partial charge in [-0.2, -0.15) is 0 Å². The summed E-state index contributed by atoms with van der Waals surface area (Å²) in [6, 6.07) is 12.5. The van der Waals surface area contributed by atoms with Crippen molar-refractivity contribution in [1.29, 1.82) is 0 Å². The maximum Gasteiger partial charge on any atom is 0.167 e. The number of ether oxygens (including phenoxy) is 1. The molecule has 0 N–H and O–H groups in total. The van der Waals surface area contributed by atoms with E-state index in [1.807, 2.05) is 24.3 Å². The molecule has 0 fully saturated rings. The minimum atomic E-state index is 0.0512. The molecule has 0 amide bonds. The first kappa shape index (κ1) is 16.4. The molecule has 1 aliphatic carbocycles. The Morgan fingerprint density at radius 3 is 2.48 bits per heavy atom. The van der Waals surface area contributed by atoms with Crippen molar-refractivity contribution >= 4 is 46.2 Å². The van der Waals surface area contributed by atoms with Gasteiger partial charge in [-0.05, 0) is 18.2 Å². The lowest BCUT2D eigenvalue weighted by Crippen LogP contribution is -1.99. The number of hydrogen-bond donors (Lipinski definition) is 0. The number of Topliss-reactive ketones (excluding diaryl/α,β-unsaturated/α-hetero) is 1. The first-order valence-electron chi connectivity index (χ1n) is 7.14. The number of halogens is 3. The van der Waals surface area contributed by atoms with Crippen LogP contribution in [0.15, 0.2) is 48.2 Å². The highest BCUT2D eigenvalue weighted by atomic mass is 35.5. The lowest BCUT2D eigenvalue weighted by molar-refractivity contribution is -0.113. The molecular weight excluding hydrogens is 355 g/mol. The van der Waals surface area contributed by atoms with E-state index in [1.54, 1.807) is 18.2 Å². The van der Waals surface area contributed by atoms with E-state index in [2.05, 4.69) is 0 Å². The third kappa shape index (κ3) is 3.55. The monoisotopic (exact) mass is 366 g/mol. The van der Waals surface area contributed by atoms with E-state index >= 15 is 0 Å². The summed E-state index contributed by atoms with van der Waals surface area (Å²) in [7, 11) is 0. The van der Waals surface area contributed by atoms with Gasteiger partial charge in [0, 0.05) is 39.0 Å². The van der Waals surface area contributed by atoms with Gasteiger partial charge in [0.2, 0.25) is 0 Å². The van der Waals surface area contributed by atoms with E-state index in [0.29, 0.717) is 44.8 Å². The van der Waals surface area contributed by atoms with Crippen molar-refractivity contribution in [2.24, 2.45) is 0 Å². The van der Waals surface area contributed by atoms with Gasteiger partial charge in [0.15, 0.2) is 5.78 Å². The number of rotatable bonds is 4. The highest BCUT2D eigenvalue weighted by Crippen LogP contribution is 2.36. The number of carbonyl (C=O) groups excluding carboxylic acids is 1. The quantitative estimate of drug-likeness (QED) is 0.668. The first-order chi connectivity index (χ1) is 11.1. The third-order valence-corrected chi connectivity index (χ3v) is 4.61. The first-order valence-corrected chi connectivity index (χ1v) is 8.27. The molecule has 0 radical (unpaired) electrons. The van der Waals surface area contributed by atoms with Gasteiger partial charge in [-0.1, -0.05) is 59.1 Å². The largest absolute Gasteiger partial charge is 0.492 e. The molecule has 5 heteroatoms. The van der Waals surface area contributed by atoms with Gasteiger partial charge in [-0.25, -0.2) is 0 Å². The zero-order valence-corrected chi connectivity index (χ0v) is 14.4. The molecule has 0 spiro atoms. The minimum absolute atomic E-state index is 0.0512. The molecule has 0 aromatic heterocycles. The topological polar surface area (TPSA) is 26.3 Å². The summed E-state index contributed by atoms with van der Waals surface area (Å²) < 4.78 is 5.87. The predicted molar refractivity (Wildman–Crippen MR) is 93.9 cm³/mol. The molecule has 0 atom stereocenters. The fourth-order valence-electron chi connectivity index (χ4n) is 2.54. The number of carbonyl (C=O) groups is 1. The molecule has 3 rings (SSSR count). The Bertz CT molecular complexity index is 797. The highest BCUT2D eigenvalue weighted by molar-refractivity contribution is 6.36. The standard InChI is InChI=1S/C18H13Cl3O2/c19-12-6-5-11(15(21)9-12)10-23-17-8-7-16(22)18(17)13-3-1-2-4-14(13)20/h1-6,9H,7-8,10H2. The summed E-state index contributed by atoms with van der Waals surface area (Å²) >= 11 is 18.3. The fraction of sp³-hybridized carbons (Fsp3) is 0.167. The van der Waals surface area contributed by atoms with Crippen LogP contribution in [-0.4, -0.2) is 5.78 Å². The molecule has 118 valence electrons. The minimum Gasteiger partial charge on any atom is -0.492 e. The van der Waals surface area contributed by atoms with Gasteiger partial charge in [-0.15, -0.1) is 0 Å². The second-order valence-electron chi connectivity index (χ2n) is 5.23. The van der Waals surface area contributed by atoms with Crippen LogP contribution in [0.3, 0.4) is 0 Å². The van der Waals surface area contributed by atoms with Crippen molar-refractivity contribution in [3.8, 4) is 0 Å². The summed E-state index contributed by atoms with van der Waals surface area (Å²) in [5.41, 5.74) is 2.11. The van der Waals surface area contributed by atoms with Crippen molar-refractivity contribution in [2.45, 2.75) is 19.4 Å². The van der Waals surface area contributed by atoms with Crippen LogP contribution in [0.5, 0.6) is 0 Å². The van der Waals surface area contributed by atoms with E-state index in [0.717, 1.165) is 5.56 Å². The zero-order chi connectivity index (χ0) is 16.4. The Labute approximate surface area is 149 Å². The van der Waals surface area contributed by atoms with Gasteiger partial charge in [-0.3, -0.25) is 4.79 Å². The molecule has 0 aliphatic heterocycles. The lowest BCUT2D eigenvalue weighted by Gasteiger charge is -2.12. The average Bonchev–Trinajstić information content (AvgIpc) is 2.88. The molecule has 23 heavy (non-hydrogen) atoms. The van der Waals surface area contributed by atoms with Crippen LogP contribution in [0.1, 0.15) is 24.0 Å². The second-order valence-corrected chi connectivity index (χ2v) is 6.48. The van der Waals surface area contributed by atoms with Crippen molar-refractivity contribution < 1.29 is 9.53 Å². The van der Waals surface area contributed by atoms with Crippen molar-refractivity contribution in [3.63, 3.8) is 0 Å². The molecule has 1 aliphatic rings. The van der Waals surface area contributed by atoms with Crippen LogP contribution >= 0.6 is 34.8 Å². The molecule has 2 aromatic rings. The van der Waals surface area contributed by atoms with E-state index < -0.39 is 0 Å². The molecule has 2 nitrogen and oxygen atoms in total. The van der Waals surface area contributed by atoms with Gasteiger partial charge < -0.3 is 4.74 Å². The number of hydrogen-bond acceptors (Lipinski definition) is 2. The van der Waals surface area contributed by atoms with E-state index in [1.165, 1.54) is 0 Å². The maximum absolute atomic E-state index is 12.2. The normalized spacial score (nSPS) is 14.5. The van der Waals surface area contributed by atoms with Crippen LogP contribution in [0, 0.1) is 0 Å². The van der Waals surface area contributed by atoms with Crippen LogP contribution in [-0.2, 0) is 16.1 Å². The summed E-state index contributed by atoms with van der Waals surface area (Å²) in [6.07, 6.45) is 1.01. The SMILES string of the molecule is O=C1CCC(OCc2ccc(Cl)cc2Cl)=C1c1ccccc1Cl. The number of benzene rings is 2. The van der Waals surface area contributed by atoms with Gasteiger partial charge in [0.1, 0.15) is 12.4 Å². The lowest BCUT2D eigenvalue weighted by atomic mass is 10.0. The summed E-state index contributed by atoms with van der Waals surface area (Å²) in [6.45, 7) is 0.284. The summed E-state index contributed by atoms with van der Waals surface area (Å²) in [5, 5.41) is 1.66. The molecule has 0 saturated carbocycles. The van der Waals surface area contributed by atoms with Gasteiger partial charge in [0.05, 0.1) is 5.57 Å². The molecule has 0 saturated heterocycles. The van der Waals surface area contributed by atoms with Crippen LogP contribution in [0.4, 0.5) is 0 Å². The predicted octanol–water partition coefficient (Wildman–Crippen LogP) is 5.94. The Morgan fingerprint density at radius 2 is 1.74 bits per heavy atom. The molecule has 2 aromatic carbocycles. The Balaban J connectivity index is 1.88. The van der Waals surface area contributed by atoms with E-state index in [9.17, 15) is 4.79 Å². The van der Waals surface area contributed by atoms with Crippen molar-refractivity contribution in [1.82, 2.24) is 0 Å². The Kier molecular flexibility index (Phi) is 4.96. The zero-order valence-electron chi connectivity index (χ0n) is 12.1. The Morgan fingerprint density at radius 1 is 0.957 bits per heavy atom. The van der Waals surface area contributed by atoms with Crippen LogP contribution in [0.2, 0.25) is 15.1 Å². The number of allylic oxidation sites excluding steroid dienone is 2. The molecule has 0 heterocycles. The van der Waals surface area contributed by atoms with Crippen molar-refractivity contribution in [3.05, 3.63) is 74.4 Å².